The van der Waals surface area contributed by atoms with Gasteiger partial charge in [-0.2, -0.15) is 0 Å². The number of hydrogen-bond acceptors (Lipinski definition) is 3. The highest BCUT2D eigenvalue weighted by atomic mass is 35.5. The minimum atomic E-state index is -0.112. The third-order valence-corrected chi connectivity index (χ3v) is 5.97. The molecule has 0 radical (unpaired) electrons. The molecule has 4 nitrogen and oxygen atoms in total. The molecular formula is C26H27ClN2O2. The van der Waals surface area contributed by atoms with E-state index >= 15 is 0 Å². The SMILES string of the molecule is O=C(NCc1ccccc1CN1CCCC1)c1cccc(OCc2ccccc2Cl)c1. The molecule has 4 rings (SSSR count). The fraction of sp³-hybridized carbons (Fsp3) is 0.269. The molecule has 1 aliphatic heterocycles. The molecule has 1 aliphatic rings. The summed E-state index contributed by atoms with van der Waals surface area (Å²) in [6.45, 7) is 4.11. The first-order chi connectivity index (χ1) is 15.2. The average Bonchev–Trinajstić information content (AvgIpc) is 3.31. The van der Waals surface area contributed by atoms with Gasteiger partial charge in [-0.15, -0.1) is 0 Å². The molecule has 0 spiro atoms. The number of likely N-dealkylation sites (tertiary alicyclic amines) is 1. The molecule has 1 amide bonds. The highest BCUT2D eigenvalue weighted by Crippen LogP contribution is 2.20. The minimum Gasteiger partial charge on any atom is -0.489 e. The smallest absolute Gasteiger partial charge is 0.251 e. The second-order valence-corrected chi connectivity index (χ2v) is 8.25. The van der Waals surface area contributed by atoms with Crippen molar-refractivity contribution < 1.29 is 9.53 Å². The minimum absolute atomic E-state index is 0.112. The van der Waals surface area contributed by atoms with E-state index in [1.165, 1.54) is 18.4 Å². The Morgan fingerprint density at radius 2 is 1.61 bits per heavy atom. The first-order valence-electron chi connectivity index (χ1n) is 10.7. The molecule has 0 unspecified atom stereocenters. The van der Waals surface area contributed by atoms with Gasteiger partial charge in [0.15, 0.2) is 0 Å². The lowest BCUT2D eigenvalue weighted by Crippen LogP contribution is -2.25. The summed E-state index contributed by atoms with van der Waals surface area (Å²) >= 11 is 6.19. The molecule has 1 N–H and O–H groups in total. The maximum Gasteiger partial charge on any atom is 0.251 e. The van der Waals surface area contributed by atoms with Crippen molar-refractivity contribution in [2.75, 3.05) is 13.1 Å². The Balaban J connectivity index is 1.36. The van der Waals surface area contributed by atoms with Crippen LogP contribution < -0.4 is 10.1 Å². The van der Waals surface area contributed by atoms with Gasteiger partial charge < -0.3 is 10.1 Å². The number of halogens is 1. The zero-order valence-electron chi connectivity index (χ0n) is 17.5. The van der Waals surface area contributed by atoms with E-state index in [1.807, 2.05) is 42.5 Å². The molecule has 0 bridgehead atoms. The first-order valence-corrected chi connectivity index (χ1v) is 11.1. The van der Waals surface area contributed by atoms with Crippen LogP contribution in [-0.2, 0) is 19.7 Å². The highest BCUT2D eigenvalue weighted by Gasteiger charge is 2.14. The summed E-state index contributed by atoms with van der Waals surface area (Å²) in [6.07, 6.45) is 2.54. The van der Waals surface area contributed by atoms with Crippen molar-refractivity contribution in [2.45, 2.75) is 32.5 Å². The van der Waals surface area contributed by atoms with E-state index in [4.69, 9.17) is 16.3 Å². The van der Waals surface area contributed by atoms with E-state index in [2.05, 4.69) is 28.4 Å². The molecule has 3 aromatic carbocycles. The van der Waals surface area contributed by atoms with Crippen LogP contribution in [-0.4, -0.2) is 23.9 Å². The lowest BCUT2D eigenvalue weighted by Gasteiger charge is -2.17. The number of amides is 1. The number of rotatable bonds is 8. The Kier molecular flexibility index (Phi) is 7.23. The van der Waals surface area contributed by atoms with Gasteiger partial charge in [0, 0.05) is 29.2 Å². The fourth-order valence-electron chi connectivity index (χ4n) is 3.85. The molecule has 0 aromatic heterocycles. The normalized spacial score (nSPS) is 13.8. The molecule has 5 heteroatoms. The predicted octanol–water partition coefficient (Wildman–Crippen LogP) is 5.44. The van der Waals surface area contributed by atoms with Crippen LogP contribution in [0.15, 0.2) is 72.8 Å². The Morgan fingerprint density at radius 1 is 0.903 bits per heavy atom. The third-order valence-electron chi connectivity index (χ3n) is 5.60. The third kappa shape index (κ3) is 5.87. The average molecular weight is 435 g/mol. The van der Waals surface area contributed by atoms with E-state index < -0.39 is 0 Å². The van der Waals surface area contributed by atoms with E-state index in [-0.39, 0.29) is 5.91 Å². The highest BCUT2D eigenvalue weighted by molar-refractivity contribution is 6.31. The Hall–Kier alpha value is -2.82. The fourth-order valence-corrected chi connectivity index (χ4v) is 4.04. The van der Waals surface area contributed by atoms with Gasteiger partial charge in [0.05, 0.1) is 0 Å². The summed E-state index contributed by atoms with van der Waals surface area (Å²) in [7, 11) is 0. The Bertz CT molecular complexity index is 1030. The van der Waals surface area contributed by atoms with Gasteiger partial charge in [0.2, 0.25) is 0 Å². The van der Waals surface area contributed by atoms with Crippen molar-refractivity contribution in [3.8, 4) is 5.75 Å². The summed E-state index contributed by atoms with van der Waals surface area (Å²) in [4.78, 5) is 15.2. The number of hydrogen-bond donors (Lipinski definition) is 1. The maximum absolute atomic E-state index is 12.8. The first kappa shape index (κ1) is 21.4. The molecule has 3 aromatic rings. The molecule has 160 valence electrons. The molecule has 31 heavy (non-hydrogen) atoms. The lowest BCUT2D eigenvalue weighted by atomic mass is 10.1. The van der Waals surface area contributed by atoms with Crippen LogP contribution in [0.4, 0.5) is 0 Å². The topological polar surface area (TPSA) is 41.6 Å². The largest absolute Gasteiger partial charge is 0.489 e. The van der Waals surface area contributed by atoms with Crippen LogP contribution in [0.1, 0.15) is 39.9 Å². The summed E-state index contributed by atoms with van der Waals surface area (Å²) < 4.78 is 5.85. The van der Waals surface area contributed by atoms with Crippen LogP contribution in [0.3, 0.4) is 0 Å². The molecule has 1 saturated heterocycles. The van der Waals surface area contributed by atoms with Gasteiger partial charge in [-0.3, -0.25) is 9.69 Å². The van der Waals surface area contributed by atoms with E-state index in [9.17, 15) is 4.79 Å². The van der Waals surface area contributed by atoms with Gasteiger partial charge in [-0.1, -0.05) is 60.1 Å². The number of benzene rings is 3. The van der Waals surface area contributed by atoms with Crippen LogP contribution in [0.5, 0.6) is 5.75 Å². The number of carbonyl (C=O) groups is 1. The number of ether oxygens (including phenoxy) is 1. The van der Waals surface area contributed by atoms with E-state index in [1.54, 1.807) is 12.1 Å². The van der Waals surface area contributed by atoms with E-state index in [0.717, 1.165) is 30.8 Å². The predicted molar refractivity (Wildman–Crippen MR) is 124 cm³/mol. The quantitative estimate of drug-likeness (QED) is 0.513. The second kappa shape index (κ2) is 10.5. The molecule has 0 aliphatic carbocycles. The number of nitrogens with zero attached hydrogens (tertiary/aromatic N) is 1. The van der Waals surface area contributed by atoms with Crippen molar-refractivity contribution in [3.05, 3.63) is 100 Å². The molecule has 1 fully saturated rings. The molecule has 0 atom stereocenters. The van der Waals surface area contributed by atoms with Crippen molar-refractivity contribution >= 4 is 17.5 Å². The molecule has 0 saturated carbocycles. The monoisotopic (exact) mass is 434 g/mol. The van der Waals surface area contributed by atoms with Crippen LogP contribution in [0.2, 0.25) is 5.02 Å². The van der Waals surface area contributed by atoms with Gasteiger partial charge in [-0.25, -0.2) is 0 Å². The second-order valence-electron chi connectivity index (χ2n) is 7.84. The molecular weight excluding hydrogens is 408 g/mol. The van der Waals surface area contributed by atoms with Crippen molar-refractivity contribution in [1.29, 1.82) is 0 Å². The van der Waals surface area contributed by atoms with Crippen LogP contribution in [0.25, 0.3) is 0 Å². The zero-order chi connectivity index (χ0) is 21.5. The molecule has 1 heterocycles. The van der Waals surface area contributed by atoms with Gasteiger partial charge in [0.1, 0.15) is 12.4 Å². The maximum atomic E-state index is 12.8. The summed E-state index contributed by atoms with van der Waals surface area (Å²) in [6, 6.07) is 23.2. The van der Waals surface area contributed by atoms with Gasteiger partial charge in [0.25, 0.3) is 5.91 Å². The van der Waals surface area contributed by atoms with Crippen molar-refractivity contribution in [1.82, 2.24) is 10.2 Å². The van der Waals surface area contributed by atoms with Crippen molar-refractivity contribution in [2.24, 2.45) is 0 Å². The number of nitrogens with one attached hydrogen (secondary N) is 1. The summed E-state index contributed by atoms with van der Waals surface area (Å²) in [5.74, 6) is 0.529. The number of carbonyl (C=O) groups excluding carboxylic acids is 1. The van der Waals surface area contributed by atoms with Crippen LogP contribution in [0, 0.1) is 0 Å². The van der Waals surface area contributed by atoms with Crippen LogP contribution >= 0.6 is 11.6 Å². The standard InChI is InChI=1S/C26H27ClN2O2/c27-25-13-4-3-10-23(25)19-31-24-12-7-11-20(16-24)26(30)28-17-21-8-1-2-9-22(21)18-29-14-5-6-15-29/h1-4,7-13,16H,5-6,14-15,17-19H2,(H,28,30). The van der Waals surface area contributed by atoms with E-state index in [0.29, 0.717) is 29.5 Å². The van der Waals surface area contributed by atoms with Crippen molar-refractivity contribution in [3.63, 3.8) is 0 Å². The zero-order valence-corrected chi connectivity index (χ0v) is 18.3. The van der Waals surface area contributed by atoms with Gasteiger partial charge >= 0.3 is 0 Å². The Labute approximate surface area is 188 Å². The Morgan fingerprint density at radius 3 is 2.39 bits per heavy atom. The lowest BCUT2D eigenvalue weighted by molar-refractivity contribution is 0.0950. The summed E-state index contributed by atoms with van der Waals surface area (Å²) in [5, 5.41) is 3.73. The van der Waals surface area contributed by atoms with Gasteiger partial charge in [-0.05, 0) is 61.3 Å². The summed E-state index contributed by atoms with van der Waals surface area (Å²) in [5.41, 5.74) is 3.93.